The van der Waals surface area contributed by atoms with Crippen LogP contribution in [0.1, 0.15) is 18.2 Å². The quantitative estimate of drug-likeness (QED) is 0.635. The molecule has 9 heteroatoms. The Morgan fingerprint density at radius 3 is 2.55 bits per heavy atom. The summed E-state index contributed by atoms with van der Waals surface area (Å²) in [5.74, 6) is 0.00381. The summed E-state index contributed by atoms with van der Waals surface area (Å²) in [6, 6.07) is 11.7. The number of anilines is 2. The number of nitrogens with zero attached hydrogens (tertiary/aromatic N) is 1. The van der Waals surface area contributed by atoms with Crippen LogP contribution in [0.3, 0.4) is 0 Å². The zero-order valence-electron chi connectivity index (χ0n) is 16.4. The Balaban J connectivity index is 2.09. The third-order valence-corrected chi connectivity index (χ3v) is 5.57. The first kappa shape index (κ1) is 20.4. The van der Waals surface area contributed by atoms with Gasteiger partial charge in [-0.2, -0.15) is 0 Å². The zero-order chi connectivity index (χ0) is 21.2. The molecule has 152 valence electrons. The number of ether oxygens (including phenoxy) is 1. The number of hydrogen-bond acceptors (Lipinski definition) is 6. The summed E-state index contributed by atoms with van der Waals surface area (Å²) in [6.45, 7) is 4.92. The molecule has 0 aliphatic rings. The normalized spacial score (nSPS) is 11.2. The Kier molecular flexibility index (Phi) is 5.60. The molecule has 0 atom stereocenters. The van der Waals surface area contributed by atoms with Crippen LogP contribution in [0, 0.1) is 13.8 Å². The molecule has 29 heavy (non-hydrogen) atoms. The fraction of sp³-hybridized carbons (Fsp3) is 0.200. The molecule has 0 bridgehead atoms. The molecule has 2 aromatic carbocycles. The molecule has 0 fully saturated rings. The predicted octanol–water partition coefficient (Wildman–Crippen LogP) is 3.73. The summed E-state index contributed by atoms with van der Waals surface area (Å²) in [6.07, 6.45) is 0. The molecule has 0 aliphatic carbocycles. The van der Waals surface area contributed by atoms with Crippen molar-refractivity contribution in [3.05, 3.63) is 53.7 Å². The molecule has 0 saturated heterocycles. The van der Waals surface area contributed by atoms with E-state index in [1.807, 2.05) is 13.0 Å². The van der Waals surface area contributed by atoms with Gasteiger partial charge in [-0.25, -0.2) is 8.42 Å². The molecular formula is C20H21N3O5S. The fourth-order valence-corrected chi connectivity index (χ4v) is 4.16. The monoisotopic (exact) mass is 415 g/mol. The molecule has 1 amide bonds. The van der Waals surface area contributed by atoms with Crippen molar-refractivity contribution in [1.82, 2.24) is 5.16 Å². The first-order chi connectivity index (χ1) is 13.7. The maximum atomic E-state index is 13.1. The molecule has 1 aromatic heterocycles. The number of amides is 1. The standard InChI is InChI=1S/C20H21N3O5S/c1-12-6-5-7-16(10-12)23-29(25,26)18-11-15(8-9-17(18)27-4)19-13(2)22-28-20(19)21-14(3)24/h5-11,23H,1-4H3,(H,21,24). The lowest BCUT2D eigenvalue weighted by molar-refractivity contribution is -0.114. The van der Waals surface area contributed by atoms with Gasteiger partial charge in [0, 0.05) is 12.6 Å². The van der Waals surface area contributed by atoms with E-state index in [9.17, 15) is 13.2 Å². The second-order valence-electron chi connectivity index (χ2n) is 6.49. The number of carbonyl (C=O) groups is 1. The Morgan fingerprint density at radius 2 is 1.90 bits per heavy atom. The Hall–Kier alpha value is -3.33. The van der Waals surface area contributed by atoms with E-state index in [0.717, 1.165) is 5.56 Å². The van der Waals surface area contributed by atoms with Crippen LogP contribution in [0.25, 0.3) is 11.1 Å². The lowest BCUT2D eigenvalue weighted by Crippen LogP contribution is -2.14. The highest BCUT2D eigenvalue weighted by Gasteiger charge is 2.23. The van der Waals surface area contributed by atoms with Gasteiger partial charge in [0.1, 0.15) is 10.6 Å². The van der Waals surface area contributed by atoms with Crippen LogP contribution in [-0.4, -0.2) is 26.6 Å². The summed E-state index contributed by atoms with van der Waals surface area (Å²) in [7, 11) is -2.55. The van der Waals surface area contributed by atoms with Crippen LogP contribution in [0.15, 0.2) is 51.9 Å². The molecule has 0 aliphatic heterocycles. The van der Waals surface area contributed by atoms with Gasteiger partial charge in [0.25, 0.3) is 10.0 Å². The number of carbonyl (C=O) groups excluding carboxylic acids is 1. The van der Waals surface area contributed by atoms with Crippen molar-refractivity contribution in [3.8, 4) is 16.9 Å². The third kappa shape index (κ3) is 4.40. The fourth-order valence-electron chi connectivity index (χ4n) is 2.92. The van der Waals surface area contributed by atoms with Crippen LogP contribution in [0.2, 0.25) is 0 Å². The minimum absolute atomic E-state index is 0.0478. The summed E-state index contributed by atoms with van der Waals surface area (Å²) >= 11 is 0. The number of methoxy groups -OCH3 is 1. The maximum absolute atomic E-state index is 13.1. The molecule has 1 heterocycles. The SMILES string of the molecule is COc1ccc(-c2c(C)noc2NC(C)=O)cc1S(=O)(=O)Nc1cccc(C)c1. The smallest absolute Gasteiger partial charge is 0.265 e. The topological polar surface area (TPSA) is 111 Å². The van der Waals surface area contributed by atoms with Crippen molar-refractivity contribution >= 4 is 27.5 Å². The van der Waals surface area contributed by atoms with Gasteiger partial charge in [-0.15, -0.1) is 0 Å². The Bertz CT molecular complexity index is 1170. The molecule has 0 saturated carbocycles. The molecule has 0 spiro atoms. The zero-order valence-corrected chi connectivity index (χ0v) is 17.3. The van der Waals surface area contributed by atoms with Gasteiger partial charge in [-0.1, -0.05) is 23.4 Å². The van der Waals surface area contributed by atoms with Crippen molar-refractivity contribution in [2.75, 3.05) is 17.1 Å². The van der Waals surface area contributed by atoms with Crippen LogP contribution < -0.4 is 14.8 Å². The second kappa shape index (κ2) is 7.96. The summed E-state index contributed by atoms with van der Waals surface area (Å²) < 4.78 is 39.1. The van der Waals surface area contributed by atoms with Crippen molar-refractivity contribution in [3.63, 3.8) is 0 Å². The molecule has 8 nitrogen and oxygen atoms in total. The van der Waals surface area contributed by atoms with Gasteiger partial charge in [-0.3, -0.25) is 14.8 Å². The first-order valence-electron chi connectivity index (χ1n) is 8.73. The van der Waals surface area contributed by atoms with Crippen LogP contribution >= 0.6 is 0 Å². The van der Waals surface area contributed by atoms with Gasteiger partial charge < -0.3 is 9.26 Å². The van der Waals surface area contributed by atoms with Crippen LogP contribution in [-0.2, 0) is 14.8 Å². The van der Waals surface area contributed by atoms with E-state index in [0.29, 0.717) is 22.5 Å². The largest absolute Gasteiger partial charge is 0.495 e. The first-order valence-corrected chi connectivity index (χ1v) is 10.2. The molecular weight excluding hydrogens is 394 g/mol. The number of aromatic nitrogens is 1. The summed E-state index contributed by atoms with van der Waals surface area (Å²) in [5.41, 5.74) is 2.88. The summed E-state index contributed by atoms with van der Waals surface area (Å²) in [4.78, 5) is 11.4. The Morgan fingerprint density at radius 1 is 1.14 bits per heavy atom. The number of sulfonamides is 1. The van der Waals surface area contributed by atoms with E-state index in [4.69, 9.17) is 9.26 Å². The lowest BCUT2D eigenvalue weighted by atomic mass is 10.1. The van der Waals surface area contributed by atoms with E-state index < -0.39 is 10.0 Å². The van der Waals surface area contributed by atoms with E-state index in [1.54, 1.807) is 37.3 Å². The van der Waals surface area contributed by atoms with E-state index in [-0.39, 0.29) is 22.4 Å². The minimum Gasteiger partial charge on any atom is -0.495 e. The predicted molar refractivity (Wildman–Crippen MR) is 110 cm³/mol. The van der Waals surface area contributed by atoms with E-state index in [1.165, 1.54) is 20.1 Å². The number of hydrogen-bond donors (Lipinski definition) is 2. The van der Waals surface area contributed by atoms with Crippen LogP contribution in [0.5, 0.6) is 5.75 Å². The number of aryl methyl sites for hydroxylation is 2. The van der Waals surface area contributed by atoms with E-state index >= 15 is 0 Å². The van der Waals surface area contributed by atoms with Gasteiger partial charge in [0.05, 0.1) is 18.4 Å². The number of benzene rings is 2. The second-order valence-corrected chi connectivity index (χ2v) is 8.14. The highest BCUT2D eigenvalue weighted by atomic mass is 32.2. The maximum Gasteiger partial charge on any atom is 0.265 e. The van der Waals surface area contributed by atoms with Crippen LogP contribution in [0.4, 0.5) is 11.6 Å². The molecule has 3 aromatic rings. The van der Waals surface area contributed by atoms with Crippen molar-refractivity contribution in [2.45, 2.75) is 25.7 Å². The lowest BCUT2D eigenvalue weighted by Gasteiger charge is -2.14. The molecule has 0 unspecified atom stereocenters. The summed E-state index contributed by atoms with van der Waals surface area (Å²) in [5, 5.41) is 6.43. The highest BCUT2D eigenvalue weighted by Crippen LogP contribution is 2.36. The van der Waals surface area contributed by atoms with Crippen molar-refractivity contribution < 1.29 is 22.5 Å². The molecule has 0 radical (unpaired) electrons. The minimum atomic E-state index is -3.95. The average molecular weight is 415 g/mol. The third-order valence-electron chi connectivity index (χ3n) is 4.16. The molecule has 2 N–H and O–H groups in total. The highest BCUT2D eigenvalue weighted by molar-refractivity contribution is 7.92. The average Bonchev–Trinajstić information content (AvgIpc) is 3.00. The van der Waals surface area contributed by atoms with Crippen molar-refractivity contribution in [1.29, 1.82) is 0 Å². The number of nitrogens with one attached hydrogen (secondary N) is 2. The van der Waals surface area contributed by atoms with Gasteiger partial charge in [0.2, 0.25) is 11.8 Å². The van der Waals surface area contributed by atoms with Gasteiger partial charge in [-0.05, 0) is 49.2 Å². The van der Waals surface area contributed by atoms with Gasteiger partial charge in [0.15, 0.2) is 0 Å². The van der Waals surface area contributed by atoms with Gasteiger partial charge >= 0.3 is 0 Å². The number of rotatable bonds is 6. The molecule has 3 rings (SSSR count). The van der Waals surface area contributed by atoms with E-state index in [2.05, 4.69) is 15.2 Å². The Labute approximate surface area is 168 Å². The van der Waals surface area contributed by atoms with Crippen molar-refractivity contribution in [2.24, 2.45) is 0 Å².